The molecule has 0 amide bonds. The van der Waals surface area contributed by atoms with E-state index in [1.165, 1.54) is 0 Å². The van der Waals surface area contributed by atoms with Crippen LogP contribution in [0.2, 0.25) is 0 Å². The summed E-state index contributed by atoms with van der Waals surface area (Å²) in [5, 5.41) is 10.2. The third-order valence-electron chi connectivity index (χ3n) is 4.04. The molecule has 2 saturated carbocycles. The van der Waals surface area contributed by atoms with E-state index in [9.17, 15) is 9.50 Å². The maximum absolute atomic E-state index is 13.5. The van der Waals surface area contributed by atoms with Crippen molar-refractivity contribution in [3.05, 3.63) is 0 Å². The summed E-state index contributed by atoms with van der Waals surface area (Å²) in [5.41, 5.74) is -0.531. The molecule has 3 heteroatoms. The number of halogens is 1. The molecule has 88 valence electrons. The van der Waals surface area contributed by atoms with E-state index in [0.29, 0.717) is 13.0 Å². The van der Waals surface area contributed by atoms with Crippen LogP contribution >= 0.6 is 0 Å². The minimum atomic E-state index is -0.681. The average Bonchev–Trinajstić information content (AvgIpc) is 2.74. The van der Waals surface area contributed by atoms with Gasteiger partial charge in [0.1, 0.15) is 6.17 Å². The van der Waals surface area contributed by atoms with Crippen LogP contribution in [0.1, 0.15) is 44.9 Å². The van der Waals surface area contributed by atoms with Crippen LogP contribution in [-0.4, -0.2) is 41.4 Å². The molecule has 0 aliphatic heterocycles. The summed E-state index contributed by atoms with van der Waals surface area (Å²) in [5.74, 6) is 0. The lowest BCUT2D eigenvalue weighted by atomic mass is 10.0. The molecule has 2 aliphatic rings. The zero-order chi connectivity index (χ0) is 10.9. The predicted molar refractivity (Wildman–Crippen MR) is 58.6 cm³/mol. The highest BCUT2D eigenvalue weighted by molar-refractivity contribution is 4.91. The maximum atomic E-state index is 13.5. The number of aliphatic hydroxyl groups is 1. The molecule has 0 aromatic heterocycles. The van der Waals surface area contributed by atoms with Crippen molar-refractivity contribution in [1.82, 2.24) is 4.90 Å². The highest BCUT2D eigenvalue weighted by Crippen LogP contribution is 2.33. The molecule has 2 rings (SSSR count). The van der Waals surface area contributed by atoms with Gasteiger partial charge in [-0.05, 0) is 39.2 Å². The zero-order valence-corrected chi connectivity index (χ0v) is 9.58. The predicted octanol–water partition coefficient (Wildman–Crippen LogP) is 2.11. The molecule has 0 aromatic carbocycles. The Morgan fingerprint density at radius 3 is 2.47 bits per heavy atom. The van der Waals surface area contributed by atoms with Gasteiger partial charge in [0.2, 0.25) is 0 Å². The van der Waals surface area contributed by atoms with Gasteiger partial charge in [-0.25, -0.2) is 4.39 Å². The molecule has 2 nitrogen and oxygen atoms in total. The Kier molecular flexibility index (Phi) is 3.31. The van der Waals surface area contributed by atoms with Crippen LogP contribution in [0.4, 0.5) is 4.39 Å². The van der Waals surface area contributed by atoms with Gasteiger partial charge in [-0.3, -0.25) is 4.90 Å². The van der Waals surface area contributed by atoms with Crippen LogP contribution < -0.4 is 0 Å². The second-order valence-corrected chi connectivity index (χ2v) is 5.36. The molecular formula is C12H22FNO. The van der Waals surface area contributed by atoms with Crippen molar-refractivity contribution in [2.45, 2.75) is 62.8 Å². The molecule has 2 atom stereocenters. The summed E-state index contributed by atoms with van der Waals surface area (Å²) >= 11 is 0. The van der Waals surface area contributed by atoms with Gasteiger partial charge in [0.05, 0.1) is 5.60 Å². The summed E-state index contributed by atoms with van der Waals surface area (Å²) in [6, 6.07) is 0.0506. The maximum Gasteiger partial charge on any atom is 0.116 e. The van der Waals surface area contributed by atoms with E-state index in [1.807, 2.05) is 11.9 Å². The van der Waals surface area contributed by atoms with E-state index in [0.717, 1.165) is 38.5 Å². The Bertz CT molecular complexity index is 216. The van der Waals surface area contributed by atoms with Gasteiger partial charge in [-0.1, -0.05) is 12.8 Å². The first-order valence-corrected chi connectivity index (χ1v) is 6.17. The molecule has 0 saturated heterocycles. The fourth-order valence-corrected chi connectivity index (χ4v) is 3.16. The quantitative estimate of drug-likeness (QED) is 0.779. The van der Waals surface area contributed by atoms with Crippen LogP contribution in [-0.2, 0) is 0 Å². The molecule has 0 unspecified atom stereocenters. The molecule has 0 bridgehead atoms. The molecule has 0 aromatic rings. The molecule has 2 aliphatic carbocycles. The smallest absolute Gasteiger partial charge is 0.116 e. The number of rotatable bonds is 3. The summed E-state index contributed by atoms with van der Waals surface area (Å²) in [4.78, 5) is 2.04. The summed E-state index contributed by atoms with van der Waals surface area (Å²) in [6.45, 7) is 0.651. The van der Waals surface area contributed by atoms with E-state index < -0.39 is 11.8 Å². The van der Waals surface area contributed by atoms with Crippen molar-refractivity contribution in [2.75, 3.05) is 13.6 Å². The number of alkyl halides is 1. The Labute approximate surface area is 91.5 Å². The van der Waals surface area contributed by atoms with Crippen LogP contribution in [0.25, 0.3) is 0 Å². The van der Waals surface area contributed by atoms with E-state index in [1.54, 1.807) is 0 Å². The second kappa shape index (κ2) is 4.38. The van der Waals surface area contributed by atoms with Crippen molar-refractivity contribution in [2.24, 2.45) is 0 Å². The van der Waals surface area contributed by atoms with Crippen LogP contribution in [0, 0.1) is 0 Å². The Morgan fingerprint density at radius 1 is 1.27 bits per heavy atom. The standard InChI is InChI=1S/C12H22FNO/c1-14(11-6-4-5-10(11)13)9-12(15)7-2-3-8-12/h10-11,15H,2-9H2,1H3/t10-,11-/m1/s1. The van der Waals surface area contributed by atoms with Crippen molar-refractivity contribution in [3.63, 3.8) is 0 Å². The molecule has 2 fully saturated rings. The van der Waals surface area contributed by atoms with E-state index in [-0.39, 0.29) is 6.04 Å². The largest absolute Gasteiger partial charge is 0.389 e. The Balaban J connectivity index is 1.88. The first kappa shape index (κ1) is 11.3. The minimum Gasteiger partial charge on any atom is -0.389 e. The van der Waals surface area contributed by atoms with Gasteiger partial charge < -0.3 is 5.11 Å². The normalized spacial score (nSPS) is 35.2. The third-order valence-corrected chi connectivity index (χ3v) is 4.04. The van der Waals surface area contributed by atoms with Gasteiger partial charge in [0.15, 0.2) is 0 Å². The van der Waals surface area contributed by atoms with Crippen molar-refractivity contribution in [1.29, 1.82) is 0 Å². The summed E-state index contributed by atoms with van der Waals surface area (Å²) in [6.07, 6.45) is 5.99. The average molecular weight is 215 g/mol. The number of hydrogen-bond donors (Lipinski definition) is 1. The molecule has 15 heavy (non-hydrogen) atoms. The first-order chi connectivity index (χ1) is 7.11. The highest BCUT2D eigenvalue weighted by Gasteiger charge is 2.37. The van der Waals surface area contributed by atoms with Crippen molar-refractivity contribution >= 4 is 0 Å². The molecular weight excluding hydrogens is 193 g/mol. The molecule has 0 heterocycles. The Hall–Kier alpha value is -0.150. The van der Waals surface area contributed by atoms with Crippen LogP contribution in [0.5, 0.6) is 0 Å². The van der Waals surface area contributed by atoms with Crippen LogP contribution in [0.15, 0.2) is 0 Å². The fourth-order valence-electron chi connectivity index (χ4n) is 3.16. The van der Waals surface area contributed by atoms with Gasteiger partial charge >= 0.3 is 0 Å². The van der Waals surface area contributed by atoms with Gasteiger partial charge in [0.25, 0.3) is 0 Å². The third kappa shape index (κ3) is 2.51. The lowest BCUT2D eigenvalue weighted by Crippen LogP contribution is -2.45. The number of nitrogens with zero attached hydrogens (tertiary/aromatic N) is 1. The monoisotopic (exact) mass is 215 g/mol. The summed E-state index contributed by atoms with van der Waals surface area (Å²) < 4.78 is 13.5. The Morgan fingerprint density at radius 2 is 1.93 bits per heavy atom. The molecule has 1 N–H and O–H groups in total. The SMILES string of the molecule is CN(CC1(O)CCCC1)[C@@H]1CCC[C@H]1F. The molecule has 0 radical (unpaired) electrons. The van der Waals surface area contributed by atoms with E-state index in [2.05, 4.69) is 0 Å². The second-order valence-electron chi connectivity index (χ2n) is 5.36. The number of hydrogen-bond acceptors (Lipinski definition) is 2. The topological polar surface area (TPSA) is 23.5 Å². The minimum absolute atomic E-state index is 0.0506. The van der Waals surface area contributed by atoms with E-state index in [4.69, 9.17) is 0 Å². The lowest BCUT2D eigenvalue weighted by molar-refractivity contribution is -0.00186. The first-order valence-electron chi connectivity index (χ1n) is 6.17. The van der Waals surface area contributed by atoms with Crippen molar-refractivity contribution < 1.29 is 9.50 Å². The molecule has 0 spiro atoms. The summed E-state index contributed by atoms with van der Waals surface area (Å²) in [7, 11) is 1.96. The van der Waals surface area contributed by atoms with Gasteiger partial charge in [-0.2, -0.15) is 0 Å². The lowest BCUT2D eigenvalue weighted by Gasteiger charge is -2.33. The van der Waals surface area contributed by atoms with E-state index >= 15 is 0 Å². The highest BCUT2D eigenvalue weighted by atomic mass is 19.1. The fraction of sp³-hybridized carbons (Fsp3) is 1.00. The van der Waals surface area contributed by atoms with Crippen molar-refractivity contribution in [3.8, 4) is 0 Å². The van der Waals surface area contributed by atoms with Gasteiger partial charge in [0, 0.05) is 12.6 Å². The number of likely N-dealkylation sites (N-methyl/N-ethyl adjacent to an activating group) is 1. The van der Waals surface area contributed by atoms with Crippen LogP contribution in [0.3, 0.4) is 0 Å². The van der Waals surface area contributed by atoms with Gasteiger partial charge in [-0.15, -0.1) is 0 Å². The zero-order valence-electron chi connectivity index (χ0n) is 9.58.